The van der Waals surface area contributed by atoms with Crippen LogP contribution in [-0.2, 0) is 4.79 Å². The molecule has 0 spiro atoms. The molecule has 2 aromatic carbocycles. The van der Waals surface area contributed by atoms with E-state index in [2.05, 4.69) is 31.7 Å². The van der Waals surface area contributed by atoms with Crippen molar-refractivity contribution < 1.29 is 9.18 Å². The summed E-state index contributed by atoms with van der Waals surface area (Å²) in [4.78, 5) is 21.5. The molecule has 1 aliphatic rings. The second kappa shape index (κ2) is 8.52. The molecule has 0 aliphatic carbocycles. The van der Waals surface area contributed by atoms with Crippen LogP contribution in [0.15, 0.2) is 54.6 Å². The Kier molecular flexibility index (Phi) is 5.40. The molecule has 3 heterocycles. The van der Waals surface area contributed by atoms with Gasteiger partial charge in [-0.25, -0.2) is 9.37 Å². The molecule has 5 rings (SSSR count). The molecule has 7 nitrogen and oxygen atoms in total. The molecule has 1 saturated heterocycles. The van der Waals surface area contributed by atoms with Gasteiger partial charge in [-0.1, -0.05) is 12.1 Å². The molecule has 0 saturated carbocycles. The van der Waals surface area contributed by atoms with Crippen LogP contribution in [0.3, 0.4) is 0 Å². The third kappa shape index (κ3) is 3.99. The number of hydrogen-bond acceptors (Lipinski definition) is 5. The van der Waals surface area contributed by atoms with E-state index in [-0.39, 0.29) is 18.3 Å². The van der Waals surface area contributed by atoms with Gasteiger partial charge in [-0.15, -0.1) is 0 Å². The molecule has 0 unspecified atom stereocenters. The summed E-state index contributed by atoms with van der Waals surface area (Å²) in [6, 6.07) is 18.0. The number of carbonyl (C=O) groups is 1. The molecule has 1 fully saturated rings. The molecule has 33 heavy (non-hydrogen) atoms. The van der Waals surface area contributed by atoms with Gasteiger partial charge in [0.2, 0.25) is 5.91 Å². The van der Waals surface area contributed by atoms with E-state index in [9.17, 15) is 14.4 Å². The van der Waals surface area contributed by atoms with Crippen LogP contribution in [0, 0.1) is 24.1 Å². The summed E-state index contributed by atoms with van der Waals surface area (Å²) in [5.74, 6) is 0.555. The number of anilines is 2. The van der Waals surface area contributed by atoms with Crippen LogP contribution in [-0.4, -0.2) is 52.9 Å². The smallest absolute Gasteiger partial charge is 0.238 e. The first-order valence-electron chi connectivity index (χ1n) is 10.9. The topological polar surface area (TPSA) is 76.7 Å². The van der Waals surface area contributed by atoms with Crippen LogP contribution in [0.5, 0.6) is 0 Å². The summed E-state index contributed by atoms with van der Waals surface area (Å²) in [5, 5.41) is 12.5. The van der Waals surface area contributed by atoms with E-state index in [0.717, 1.165) is 48.6 Å². The van der Waals surface area contributed by atoms with Gasteiger partial charge in [0.25, 0.3) is 0 Å². The minimum Gasteiger partial charge on any atom is -0.355 e. The normalized spacial score (nSPS) is 14.5. The van der Waals surface area contributed by atoms with Crippen LogP contribution in [0.25, 0.3) is 16.7 Å². The van der Waals surface area contributed by atoms with E-state index >= 15 is 0 Å². The van der Waals surface area contributed by atoms with Gasteiger partial charge >= 0.3 is 0 Å². The number of imidazole rings is 1. The number of piperazine rings is 1. The Balaban J connectivity index is 1.34. The number of carbonyl (C=O) groups excluding carboxylic acids is 1. The number of aryl methyl sites for hydroxylation is 1. The van der Waals surface area contributed by atoms with Crippen molar-refractivity contribution in [2.24, 2.45) is 0 Å². The lowest BCUT2D eigenvalue weighted by Crippen LogP contribution is -2.49. The third-order valence-corrected chi connectivity index (χ3v) is 6.06. The number of nitriles is 1. The minimum atomic E-state index is -0.332. The largest absolute Gasteiger partial charge is 0.355 e. The minimum absolute atomic E-state index is 0.118. The summed E-state index contributed by atoms with van der Waals surface area (Å²) >= 11 is 0. The van der Waals surface area contributed by atoms with Gasteiger partial charge in [-0.05, 0) is 55.0 Å². The number of nitrogens with zero attached hydrogens (tertiary/aromatic N) is 5. The predicted molar refractivity (Wildman–Crippen MR) is 126 cm³/mol. The van der Waals surface area contributed by atoms with Gasteiger partial charge in [0, 0.05) is 31.9 Å². The van der Waals surface area contributed by atoms with Crippen molar-refractivity contribution in [2.45, 2.75) is 6.92 Å². The fraction of sp³-hybridized carbons (Fsp3) is 0.240. The molecular weight excluding hydrogens is 419 g/mol. The Hall–Kier alpha value is -3.96. The summed E-state index contributed by atoms with van der Waals surface area (Å²) < 4.78 is 15.1. The number of pyridine rings is 1. The standard InChI is InChI=1S/C25H23FN6O/c1-17-14-24(32-22-5-3-2-4-21(22)29-25(32)20(17)15-27)31-12-10-30(11-13-31)16-23(33)28-19-8-6-18(26)7-9-19/h2-9,14H,10-13,16H2,1H3,(H,28,33). The van der Waals surface area contributed by atoms with E-state index in [0.29, 0.717) is 16.9 Å². The molecule has 1 aliphatic heterocycles. The molecule has 2 aromatic heterocycles. The predicted octanol–water partition coefficient (Wildman–Crippen LogP) is 3.57. The van der Waals surface area contributed by atoms with E-state index in [4.69, 9.17) is 4.98 Å². The van der Waals surface area contributed by atoms with Crippen molar-refractivity contribution in [1.29, 1.82) is 5.26 Å². The molecule has 1 amide bonds. The number of halogens is 1. The van der Waals surface area contributed by atoms with Crippen LogP contribution in [0.1, 0.15) is 11.1 Å². The Morgan fingerprint density at radius 3 is 2.58 bits per heavy atom. The van der Waals surface area contributed by atoms with Crippen molar-refractivity contribution in [1.82, 2.24) is 14.3 Å². The Bertz CT molecular complexity index is 1380. The molecular formula is C25H23FN6O. The fourth-order valence-electron chi connectivity index (χ4n) is 4.38. The number of benzene rings is 2. The average molecular weight is 442 g/mol. The number of hydrogen-bond donors (Lipinski definition) is 1. The zero-order chi connectivity index (χ0) is 22.9. The number of para-hydroxylation sites is 2. The Morgan fingerprint density at radius 2 is 1.85 bits per heavy atom. The molecule has 0 radical (unpaired) electrons. The van der Waals surface area contributed by atoms with Crippen LogP contribution >= 0.6 is 0 Å². The molecule has 1 N–H and O–H groups in total. The zero-order valence-corrected chi connectivity index (χ0v) is 18.3. The number of fused-ring (bicyclic) bond motifs is 3. The fourth-order valence-corrected chi connectivity index (χ4v) is 4.38. The maximum atomic E-state index is 13.1. The van der Waals surface area contributed by atoms with Crippen LogP contribution in [0.2, 0.25) is 0 Å². The molecule has 0 atom stereocenters. The number of aromatic nitrogens is 2. The first-order chi connectivity index (χ1) is 16.0. The summed E-state index contributed by atoms with van der Waals surface area (Å²) in [6.45, 7) is 5.17. The SMILES string of the molecule is Cc1cc(N2CCN(CC(=O)Nc3ccc(F)cc3)CC2)n2c(nc3ccccc32)c1C#N. The Labute approximate surface area is 190 Å². The quantitative estimate of drug-likeness (QED) is 0.523. The highest BCUT2D eigenvalue weighted by Gasteiger charge is 2.23. The highest BCUT2D eigenvalue weighted by atomic mass is 19.1. The summed E-state index contributed by atoms with van der Waals surface area (Å²) in [5.41, 5.74) is 4.58. The summed E-state index contributed by atoms with van der Waals surface area (Å²) in [6.07, 6.45) is 0. The van der Waals surface area contributed by atoms with Crippen LogP contribution in [0.4, 0.5) is 15.9 Å². The number of rotatable bonds is 4. The maximum Gasteiger partial charge on any atom is 0.238 e. The molecule has 8 heteroatoms. The summed E-state index contributed by atoms with van der Waals surface area (Å²) in [7, 11) is 0. The first-order valence-corrected chi connectivity index (χ1v) is 10.9. The van der Waals surface area contributed by atoms with Gasteiger partial charge < -0.3 is 10.2 Å². The Morgan fingerprint density at radius 1 is 1.12 bits per heavy atom. The van der Waals surface area contributed by atoms with Crippen molar-refractivity contribution in [2.75, 3.05) is 42.9 Å². The lowest BCUT2D eigenvalue weighted by atomic mass is 10.1. The van der Waals surface area contributed by atoms with Gasteiger partial charge in [0.1, 0.15) is 17.7 Å². The van der Waals surface area contributed by atoms with Crippen molar-refractivity contribution in [3.8, 4) is 6.07 Å². The highest BCUT2D eigenvalue weighted by Crippen LogP contribution is 2.29. The second-order valence-electron chi connectivity index (χ2n) is 8.25. The molecule has 166 valence electrons. The van der Waals surface area contributed by atoms with Crippen molar-refractivity contribution in [3.05, 3.63) is 71.5 Å². The second-order valence-corrected chi connectivity index (χ2v) is 8.25. The average Bonchev–Trinajstić information content (AvgIpc) is 3.20. The molecule has 4 aromatic rings. The monoisotopic (exact) mass is 442 g/mol. The van der Waals surface area contributed by atoms with Crippen molar-refractivity contribution >= 4 is 34.1 Å². The maximum absolute atomic E-state index is 13.1. The third-order valence-electron chi connectivity index (χ3n) is 6.06. The lowest BCUT2D eigenvalue weighted by Gasteiger charge is -2.36. The van der Waals surface area contributed by atoms with Gasteiger partial charge in [0.15, 0.2) is 5.65 Å². The number of nitrogens with one attached hydrogen (secondary N) is 1. The van der Waals surface area contributed by atoms with E-state index in [1.807, 2.05) is 31.2 Å². The van der Waals surface area contributed by atoms with Gasteiger partial charge in [0.05, 0.1) is 23.1 Å². The van der Waals surface area contributed by atoms with E-state index in [1.165, 1.54) is 12.1 Å². The van der Waals surface area contributed by atoms with E-state index < -0.39 is 0 Å². The van der Waals surface area contributed by atoms with Gasteiger partial charge in [-0.2, -0.15) is 5.26 Å². The first kappa shape index (κ1) is 20.9. The van der Waals surface area contributed by atoms with Crippen LogP contribution < -0.4 is 10.2 Å². The lowest BCUT2D eigenvalue weighted by molar-refractivity contribution is -0.117. The van der Waals surface area contributed by atoms with Gasteiger partial charge in [-0.3, -0.25) is 14.1 Å². The highest BCUT2D eigenvalue weighted by molar-refractivity contribution is 5.92. The van der Waals surface area contributed by atoms with Crippen molar-refractivity contribution in [3.63, 3.8) is 0 Å². The van der Waals surface area contributed by atoms with E-state index in [1.54, 1.807) is 12.1 Å². The zero-order valence-electron chi connectivity index (χ0n) is 18.3. The number of amides is 1. The molecule has 0 bridgehead atoms.